The zero-order valence-electron chi connectivity index (χ0n) is 43.7. The fourth-order valence-electron chi connectivity index (χ4n) is 5.53. The number of allylic oxidation sites excluding steroid dienone is 1. The largest absolute Gasteiger partial charge is 0.462 e. The standard InChI is InChI=1S/C25H49BO3.C14H29NO.C4H8.5C2H6/c1-3-5-7-9-10-11-12-14-16-19-25(27)29-24(18-15-13-8-6-4-2)20-23-28-22-17-21-26;1-2-3-4-5-6-7-8-9-10-11-12-13-14(15)16;1-3-4-2;5*1-2/h24H,3-23H2,1-2H3;2-13H2,1H3,(H2,15,16);3H,1,4H2,2H3;5*1-2H3. The Morgan fingerprint density at radius 1 is 0.492 bits per heavy atom. The van der Waals surface area contributed by atoms with Gasteiger partial charge in [-0.2, -0.15) is 0 Å². The fraction of sp³-hybridized carbons (Fsp3) is 0.925. The van der Waals surface area contributed by atoms with Gasteiger partial charge in [0, 0.05) is 25.9 Å². The van der Waals surface area contributed by atoms with E-state index < -0.39 is 0 Å². The van der Waals surface area contributed by atoms with E-state index in [0.29, 0.717) is 32.4 Å². The first kappa shape index (κ1) is 75.1. The SMILES string of the molecule is C=CCC.CC.CC.CC.CC.CC.CCCCCCCCCCCCCC(N)=O.[B]CCCOCCC(CCCCCCC)OC(=O)CCCCCCCCCCC. The second kappa shape index (κ2) is 88.0. The molecule has 0 bridgehead atoms. The van der Waals surface area contributed by atoms with E-state index in [2.05, 4.69) is 34.3 Å². The first-order valence-electron chi connectivity index (χ1n) is 26.3. The number of carbonyl (C=O) groups excluding carboxylic acids is 2. The van der Waals surface area contributed by atoms with Crippen molar-refractivity contribution in [3.63, 3.8) is 0 Å². The molecule has 0 aromatic carbocycles. The van der Waals surface area contributed by atoms with E-state index in [9.17, 15) is 9.59 Å². The van der Waals surface area contributed by atoms with Crippen LogP contribution in [-0.2, 0) is 19.1 Å². The van der Waals surface area contributed by atoms with Crippen molar-refractivity contribution in [3.05, 3.63) is 12.7 Å². The number of esters is 1. The van der Waals surface area contributed by atoms with Gasteiger partial charge in [0.1, 0.15) is 6.10 Å². The van der Waals surface area contributed by atoms with Crippen molar-refractivity contribution >= 4 is 19.7 Å². The minimum absolute atomic E-state index is 0.0144. The third-order valence-corrected chi connectivity index (χ3v) is 8.80. The van der Waals surface area contributed by atoms with E-state index in [-0.39, 0.29) is 18.0 Å². The lowest BCUT2D eigenvalue weighted by Crippen LogP contribution is -2.20. The van der Waals surface area contributed by atoms with Crippen LogP contribution in [-0.4, -0.2) is 39.0 Å². The normalized spacial score (nSPS) is 9.80. The van der Waals surface area contributed by atoms with Crippen LogP contribution in [0.4, 0.5) is 0 Å². The molecule has 1 amide bonds. The van der Waals surface area contributed by atoms with Crippen molar-refractivity contribution in [3.8, 4) is 0 Å². The third kappa shape index (κ3) is 97.6. The molecule has 0 rings (SSSR count). The molecule has 59 heavy (non-hydrogen) atoms. The lowest BCUT2D eigenvalue weighted by atomic mass is 10.0. The van der Waals surface area contributed by atoms with Gasteiger partial charge in [-0.15, -0.1) is 6.58 Å². The topological polar surface area (TPSA) is 78.6 Å². The Hall–Kier alpha value is -1.30. The zero-order valence-corrected chi connectivity index (χ0v) is 43.7. The number of hydrogen-bond donors (Lipinski definition) is 1. The molecule has 6 heteroatoms. The van der Waals surface area contributed by atoms with Crippen LogP contribution in [0.15, 0.2) is 12.7 Å². The van der Waals surface area contributed by atoms with Crippen molar-refractivity contribution in [1.29, 1.82) is 0 Å². The van der Waals surface area contributed by atoms with Gasteiger partial charge in [-0.25, -0.2) is 0 Å². The van der Waals surface area contributed by atoms with Crippen molar-refractivity contribution < 1.29 is 19.1 Å². The average Bonchev–Trinajstić information content (AvgIpc) is 3.28. The number of carbonyl (C=O) groups is 2. The van der Waals surface area contributed by atoms with Crippen molar-refractivity contribution in [2.24, 2.45) is 5.73 Å². The van der Waals surface area contributed by atoms with Crippen LogP contribution in [0.3, 0.4) is 0 Å². The summed E-state index contributed by atoms with van der Waals surface area (Å²) >= 11 is 0. The van der Waals surface area contributed by atoms with E-state index in [0.717, 1.165) is 51.4 Å². The molecule has 0 aliphatic carbocycles. The minimum atomic E-state index is -0.157. The first-order chi connectivity index (χ1) is 28.9. The highest BCUT2D eigenvalue weighted by Crippen LogP contribution is 2.16. The van der Waals surface area contributed by atoms with E-state index in [1.807, 2.05) is 75.3 Å². The van der Waals surface area contributed by atoms with E-state index in [4.69, 9.17) is 23.1 Å². The molecule has 2 N–H and O–H groups in total. The van der Waals surface area contributed by atoms with Gasteiger partial charge in [0.15, 0.2) is 0 Å². The van der Waals surface area contributed by atoms with Crippen LogP contribution in [0.1, 0.15) is 296 Å². The van der Waals surface area contributed by atoms with E-state index in [1.54, 1.807) is 0 Å². The van der Waals surface area contributed by atoms with Gasteiger partial charge in [0.05, 0.1) is 14.5 Å². The predicted octanol–water partition coefficient (Wildman–Crippen LogP) is 18.4. The summed E-state index contributed by atoms with van der Waals surface area (Å²) in [6.07, 6.45) is 39.5. The van der Waals surface area contributed by atoms with Crippen LogP contribution in [0, 0.1) is 0 Å². The molecule has 0 aliphatic heterocycles. The quantitative estimate of drug-likeness (QED) is 0.0295. The molecule has 0 fully saturated rings. The molecule has 0 aliphatic rings. The van der Waals surface area contributed by atoms with Gasteiger partial charge in [0.2, 0.25) is 5.91 Å². The van der Waals surface area contributed by atoms with Gasteiger partial charge in [-0.3, -0.25) is 9.59 Å². The minimum Gasteiger partial charge on any atom is -0.462 e. The van der Waals surface area contributed by atoms with Crippen LogP contribution in [0.5, 0.6) is 0 Å². The number of unbranched alkanes of at least 4 members (excludes halogenated alkanes) is 22. The summed E-state index contributed by atoms with van der Waals surface area (Å²) in [5.74, 6) is -0.176. The highest BCUT2D eigenvalue weighted by molar-refractivity contribution is 6.08. The summed E-state index contributed by atoms with van der Waals surface area (Å²) in [7, 11) is 5.50. The maximum Gasteiger partial charge on any atom is 0.306 e. The summed E-state index contributed by atoms with van der Waals surface area (Å²) < 4.78 is 11.4. The molecule has 0 saturated heterocycles. The van der Waals surface area contributed by atoms with Crippen molar-refractivity contribution in [1.82, 2.24) is 0 Å². The fourth-order valence-corrected chi connectivity index (χ4v) is 5.53. The Bertz CT molecular complexity index is 633. The van der Waals surface area contributed by atoms with E-state index in [1.165, 1.54) is 135 Å². The van der Waals surface area contributed by atoms with Crippen LogP contribution < -0.4 is 5.73 Å². The molecule has 0 saturated carbocycles. The molecular formula is C53H116BNO4. The average molecular weight is 842 g/mol. The van der Waals surface area contributed by atoms with Gasteiger partial charge in [-0.05, 0) is 38.5 Å². The van der Waals surface area contributed by atoms with Crippen LogP contribution in [0.25, 0.3) is 0 Å². The number of rotatable bonds is 36. The van der Waals surface area contributed by atoms with E-state index >= 15 is 0 Å². The molecule has 2 radical (unpaired) electrons. The Kier molecular flexibility index (Phi) is 112. The molecule has 0 aromatic rings. The summed E-state index contributed by atoms with van der Waals surface area (Å²) in [6, 6.07) is 0. The molecule has 360 valence electrons. The number of nitrogens with two attached hydrogens (primary N) is 1. The number of ether oxygens (including phenoxy) is 2. The number of hydrogen-bond acceptors (Lipinski definition) is 4. The first-order valence-corrected chi connectivity index (χ1v) is 26.3. The van der Waals surface area contributed by atoms with Gasteiger partial charge in [0.25, 0.3) is 0 Å². The Labute approximate surface area is 377 Å². The second-order valence-electron chi connectivity index (χ2n) is 13.9. The van der Waals surface area contributed by atoms with Crippen molar-refractivity contribution in [2.45, 2.75) is 308 Å². The molecule has 0 heterocycles. The third-order valence-electron chi connectivity index (χ3n) is 8.80. The van der Waals surface area contributed by atoms with Gasteiger partial charge < -0.3 is 15.2 Å². The Balaban J connectivity index is -0.000000121. The predicted molar refractivity (Wildman–Crippen MR) is 273 cm³/mol. The van der Waals surface area contributed by atoms with Crippen LogP contribution in [0.2, 0.25) is 6.32 Å². The highest BCUT2D eigenvalue weighted by atomic mass is 16.5. The molecule has 0 aromatic heterocycles. The summed E-state index contributed by atoms with van der Waals surface area (Å²) in [5.41, 5.74) is 5.07. The van der Waals surface area contributed by atoms with Crippen LogP contribution >= 0.6 is 0 Å². The number of primary amides is 1. The highest BCUT2D eigenvalue weighted by Gasteiger charge is 2.14. The summed E-state index contributed by atoms with van der Waals surface area (Å²) in [5, 5.41) is 0. The smallest absolute Gasteiger partial charge is 0.306 e. The molecule has 0 spiro atoms. The maximum atomic E-state index is 12.3. The zero-order chi connectivity index (χ0) is 46.9. The lowest BCUT2D eigenvalue weighted by Gasteiger charge is -2.18. The Morgan fingerprint density at radius 3 is 1.14 bits per heavy atom. The molecule has 1 atom stereocenters. The van der Waals surface area contributed by atoms with Crippen molar-refractivity contribution in [2.75, 3.05) is 13.2 Å². The maximum absolute atomic E-state index is 12.3. The monoisotopic (exact) mass is 842 g/mol. The molecular weight excluding hydrogens is 725 g/mol. The summed E-state index contributed by atoms with van der Waals surface area (Å²) in [6.45, 7) is 33.6. The number of amides is 1. The summed E-state index contributed by atoms with van der Waals surface area (Å²) in [4.78, 5) is 22.7. The van der Waals surface area contributed by atoms with Gasteiger partial charge >= 0.3 is 5.97 Å². The molecule has 1 unspecified atom stereocenters. The lowest BCUT2D eigenvalue weighted by molar-refractivity contribution is -0.150. The molecule has 5 nitrogen and oxygen atoms in total. The second-order valence-corrected chi connectivity index (χ2v) is 13.9. The van der Waals surface area contributed by atoms with Gasteiger partial charge in [-0.1, -0.05) is 251 Å². The Morgan fingerprint density at radius 2 is 0.814 bits per heavy atom.